The van der Waals surface area contributed by atoms with Gasteiger partial charge in [0.15, 0.2) is 11.6 Å². The minimum absolute atomic E-state index is 0.113. The molecule has 1 amide bonds. The minimum atomic E-state index is -0.214. The van der Waals surface area contributed by atoms with Crippen LogP contribution in [0.1, 0.15) is 20.8 Å². The van der Waals surface area contributed by atoms with E-state index in [0.717, 1.165) is 23.9 Å². The van der Waals surface area contributed by atoms with Gasteiger partial charge in [-0.2, -0.15) is 0 Å². The quantitative estimate of drug-likeness (QED) is 0.507. The number of hydrogen-bond acceptors (Lipinski definition) is 5. The largest absolute Gasteiger partial charge is 0.294 e. The molecule has 0 spiro atoms. The van der Waals surface area contributed by atoms with Gasteiger partial charge >= 0.3 is 0 Å². The van der Waals surface area contributed by atoms with Gasteiger partial charge in [0.25, 0.3) is 0 Å². The molecule has 0 fully saturated rings. The lowest BCUT2D eigenvalue weighted by molar-refractivity contribution is -0.120. The van der Waals surface area contributed by atoms with Crippen LogP contribution < -0.4 is 0 Å². The number of carbonyl (C=O) groups is 3. The fourth-order valence-electron chi connectivity index (χ4n) is 0.700. The summed E-state index contributed by atoms with van der Waals surface area (Å²) in [5.74, 6) is -0.156. The summed E-state index contributed by atoms with van der Waals surface area (Å²) in [6, 6.07) is 0. The lowest BCUT2D eigenvalue weighted by atomic mass is 10.2. The molecule has 0 bridgehead atoms. The highest BCUT2D eigenvalue weighted by Crippen LogP contribution is 2.23. The van der Waals surface area contributed by atoms with Crippen molar-refractivity contribution in [2.75, 3.05) is 11.5 Å². The molecular formula is C12H17NO3S2. The Morgan fingerprint density at radius 2 is 1.22 bits per heavy atom. The third-order valence-electron chi connectivity index (χ3n) is 1.83. The second-order valence-corrected chi connectivity index (χ2v) is 5.79. The molecule has 0 aromatic rings. The first-order valence-electron chi connectivity index (χ1n) is 5.19. The van der Waals surface area contributed by atoms with Crippen LogP contribution in [0.5, 0.6) is 0 Å². The van der Waals surface area contributed by atoms with Crippen LogP contribution in [0.4, 0.5) is 0 Å². The van der Waals surface area contributed by atoms with Crippen molar-refractivity contribution in [3.05, 3.63) is 24.3 Å². The van der Waals surface area contributed by atoms with Gasteiger partial charge in [-0.1, -0.05) is 13.2 Å². The Hall–Kier alpha value is -1.01. The highest BCUT2D eigenvalue weighted by atomic mass is 32.2. The normalized spacial score (nSPS) is 9.72. The molecule has 0 rings (SSSR count). The number of nitrogens with zero attached hydrogens (tertiary/aromatic N) is 1. The van der Waals surface area contributed by atoms with Gasteiger partial charge in [-0.05, 0) is 48.9 Å². The summed E-state index contributed by atoms with van der Waals surface area (Å²) in [5.41, 5.74) is 0.906. The number of allylic oxidation sites excluding steroid dienone is 2. The van der Waals surface area contributed by atoms with E-state index in [1.807, 2.05) is 0 Å². The van der Waals surface area contributed by atoms with Crippen molar-refractivity contribution >= 4 is 41.4 Å². The van der Waals surface area contributed by atoms with Gasteiger partial charge in [-0.15, -0.1) is 0 Å². The molecule has 0 aliphatic rings. The van der Waals surface area contributed by atoms with Crippen molar-refractivity contribution < 1.29 is 14.4 Å². The second-order valence-electron chi connectivity index (χ2n) is 3.73. The predicted molar refractivity (Wildman–Crippen MR) is 77.1 cm³/mol. The lowest BCUT2D eigenvalue weighted by Crippen LogP contribution is -2.19. The average molecular weight is 287 g/mol. The predicted octanol–water partition coefficient (Wildman–Crippen LogP) is 2.42. The van der Waals surface area contributed by atoms with Gasteiger partial charge in [-0.25, -0.2) is 3.71 Å². The zero-order chi connectivity index (χ0) is 14.3. The maximum Gasteiger partial charge on any atom is 0.239 e. The van der Waals surface area contributed by atoms with Crippen molar-refractivity contribution in [3.63, 3.8) is 0 Å². The van der Waals surface area contributed by atoms with Gasteiger partial charge in [0.05, 0.1) is 11.5 Å². The van der Waals surface area contributed by atoms with Crippen LogP contribution in [-0.4, -0.2) is 32.7 Å². The monoisotopic (exact) mass is 287 g/mol. The Morgan fingerprint density at radius 1 is 0.889 bits per heavy atom. The van der Waals surface area contributed by atoms with Crippen molar-refractivity contribution in [2.24, 2.45) is 0 Å². The summed E-state index contributed by atoms with van der Waals surface area (Å²) in [6.45, 7) is 11.7. The molecule has 0 aliphatic carbocycles. The smallest absolute Gasteiger partial charge is 0.239 e. The number of rotatable bonds is 8. The molecule has 0 saturated heterocycles. The molecule has 6 heteroatoms. The summed E-state index contributed by atoms with van der Waals surface area (Å²) >= 11 is 2.15. The van der Waals surface area contributed by atoms with Gasteiger partial charge in [0, 0.05) is 6.92 Å². The first-order valence-corrected chi connectivity index (χ1v) is 7.08. The third kappa shape index (κ3) is 6.66. The first-order chi connectivity index (χ1) is 8.25. The first kappa shape index (κ1) is 17.0. The number of ketones is 2. The third-order valence-corrected chi connectivity index (χ3v) is 4.23. The van der Waals surface area contributed by atoms with Gasteiger partial charge in [0.1, 0.15) is 0 Å². The van der Waals surface area contributed by atoms with Crippen molar-refractivity contribution in [2.45, 2.75) is 20.8 Å². The highest BCUT2D eigenvalue weighted by molar-refractivity contribution is 8.13. The summed E-state index contributed by atoms with van der Waals surface area (Å²) in [6.07, 6.45) is 0. The van der Waals surface area contributed by atoms with Crippen LogP contribution in [0.3, 0.4) is 0 Å². The zero-order valence-electron chi connectivity index (χ0n) is 10.8. The van der Waals surface area contributed by atoms with E-state index >= 15 is 0 Å². The Kier molecular flexibility index (Phi) is 7.70. The average Bonchev–Trinajstić information content (AvgIpc) is 2.27. The van der Waals surface area contributed by atoms with E-state index in [1.165, 1.54) is 10.6 Å². The molecule has 0 unspecified atom stereocenters. The van der Waals surface area contributed by atoms with Crippen molar-refractivity contribution in [1.29, 1.82) is 0 Å². The van der Waals surface area contributed by atoms with E-state index in [4.69, 9.17) is 0 Å². The number of hydrogen-bond donors (Lipinski definition) is 0. The fraction of sp³-hybridized carbons (Fsp3) is 0.417. The molecule has 0 saturated carbocycles. The standard InChI is InChI=1S/C12H17NO3S2/c1-8(2)11(15)6-17-13(10(5)14)18-7-12(16)9(3)4/h1,3,6-7H2,2,4-5H3. The molecule has 0 heterocycles. The maximum absolute atomic E-state index is 11.4. The molecule has 0 N–H and O–H groups in total. The topological polar surface area (TPSA) is 54.5 Å². The molecule has 0 aromatic heterocycles. The fourth-order valence-corrected chi connectivity index (χ4v) is 2.64. The molecule has 0 aliphatic heterocycles. The maximum atomic E-state index is 11.4. The summed E-state index contributed by atoms with van der Waals surface area (Å²) in [7, 11) is 0. The summed E-state index contributed by atoms with van der Waals surface area (Å²) < 4.78 is 1.34. The van der Waals surface area contributed by atoms with E-state index < -0.39 is 0 Å². The van der Waals surface area contributed by atoms with Crippen molar-refractivity contribution in [3.8, 4) is 0 Å². The summed E-state index contributed by atoms with van der Waals surface area (Å²) in [5, 5.41) is 0. The van der Waals surface area contributed by atoms with Crippen LogP contribution in [0.25, 0.3) is 0 Å². The van der Waals surface area contributed by atoms with Crippen LogP contribution in [0.2, 0.25) is 0 Å². The van der Waals surface area contributed by atoms with Crippen molar-refractivity contribution in [1.82, 2.24) is 3.71 Å². The molecule has 100 valence electrons. The molecule has 0 radical (unpaired) electrons. The SMILES string of the molecule is C=C(C)C(=O)CSN(SCC(=O)C(=C)C)C(C)=O. The van der Waals surface area contributed by atoms with Gasteiger partial charge in [-0.3, -0.25) is 14.4 Å². The number of amides is 1. The van der Waals surface area contributed by atoms with Crippen LogP contribution in [-0.2, 0) is 14.4 Å². The van der Waals surface area contributed by atoms with Crippen LogP contribution in [0.15, 0.2) is 24.3 Å². The van der Waals surface area contributed by atoms with Crippen LogP contribution in [0, 0.1) is 0 Å². The molecule has 18 heavy (non-hydrogen) atoms. The molecule has 0 atom stereocenters. The van der Waals surface area contributed by atoms with E-state index in [1.54, 1.807) is 13.8 Å². The Balaban J connectivity index is 4.29. The Bertz CT molecular complexity index is 361. The zero-order valence-corrected chi connectivity index (χ0v) is 12.4. The number of carbonyl (C=O) groups excluding carboxylic acids is 3. The van der Waals surface area contributed by atoms with E-state index in [-0.39, 0.29) is 29.0 Å². The summed E-state index contributed by atoms with van der Waals surface area (Å²) in [4.78, 5) is 34.1. The Labute approximate surface area is 116 Å². The Morgan fingerprint density at radius 3 is 1.44 bits per heavy atom. The van der Waals surface area contributed by atoms with Crippen LogP contribution >= 0.6 is 23.9 Å². The lowest BCUT2D eigenvalue weighted by Gasteiger charge is -2.17. The van der Waals surface area contributed by atoms with E-state index in [9.17, 15) is 14.4 Å². The number of Topliss-reactive ketones (excluding diaryl/α,β-unsaturated/α-hetero) is 2. The molecular weight excluding hydrogens is 270 g/mol. The minimum Gasteiger partial charge on any atom is -0.294 e. The van der Waals surface area contributed by atoms with E-state index in [2.05, 4.69) is 13.2 Å². The molecule has 0 aromatic carbocycles. The van der Waals surface area contributed by atoms with E-state index in [0.29, 0.717) is 11.1 Å². The second kappa shape index (κ2) is 8.16. The van der Waals surface area contributed by atoms with Gasteiger partial charge in [0.2, 0.25) is 5.91 Å². The molecule has 4 nitrogen and oxygen atoms in total. The highest BCUT2D eigenvalue weighted by Gasteiger charge is 2.15. The van der Waals surface area contributed by atoms with Gasteiger partial charge < -0.3 is 0 Å².